The van der Waals surface area contributed by atoms with E-state index in [1.54, 1.807) is 11.3 Å². The lowest BCUT2D eigenvalue weighted by atomic mass is 10.2. The number of hydrogen-bond acceptors (Lipinski definition) is 3. The molecule has 4 rings (SSSR count). The Balaban J connectivity index is 1.77. The van der Waals surface area contributed by atoms with Gasteiger partial charge in [0.25, 0.3) is 0 Å². The molecule has 0 atom stereocenters. The minimum atomic E-state index is 0.794. The fourth-order valence-electron chi connectivity index (χ4n) is 2.81. The second-order valence-corrected chi connectivity index (χ2v) is 6.63. The van der Waals surface area contributed by atoms with Gasteiger partial charge in [-0.1, -0.05) is 30.3 Å². The van der Waals surface area contributed by atoms with Crippen molar-refractivity contribution in [1.82, 2.24) is 9.55 Å². The molecular weight excluding hydrogens is 302 g/mol. The molecule has 0 spiro atoms. The number of nitrogens with zero attached hydrogens (tertiary/aromatic N) is 2. The second kappa shape index (κ2) is 5.89. The predicted molar refractivity (Wildman–Crippen MR) is 96.8 cm³/mol. The molecule has 0 aliphatic carbocycles. The number of fused-ring (bicyclic) bond motifs is 1. The first-order valence-corrected chi connectivity index (χ1v) is 8.48. The van der Waals surface area contributed by atoms with Crippen LogP contribution in [0.4, 0.5) is 5.69 Å². The van der Waals surface area contributed by atoms with Crippen molar-refractivity contribution in [2.45, 2.75) is 13.0 Å². The molecule has 0 amide bonds. The minimum absolute atomic E-state index is 0.794. The smallest absolute Gasteiger partial charge is 0.115 e. The maximum atomic E-state index is 5.79. The summed E-state index contributed by atoms with van der Waals surface area (Å²) in [4.78, 5) is 6.18. The molecule has 2 N–H and O–H groups in total. The Morgan fingerprint density at radius 3 is 2.57 bits per heavy atom. The fourth-order valence-corrected chi connectivity index (χ4v) is 3.51. The van der Waals surface area contributed by atoms with Crippen molar-refractivity contribution in [3.63, 3.8) is 0 Å². The first-order valence-electron chi connectivity index (χ1n) is 7.60. The van der Waals surface area contributed by atoms with Gasteiger partial charge in [-0.15, -0.1) is 11.3 Å². The number of thiophene rings is 1. The predicted octanol–water partition coefficient (Wildman–Crippen LogP) is 4.32. The normalized spacial score (nSPS) is 11.1. The molecule has 4 aromatic rings. The topological polar surface area (TPSA) is 43.8 Å². The van der Waals surface area contributed by atoms with Gasteiger partial charge in [0.15, 0.2) is 0 Å². The van der Waals surface area contributed by atoms with E-state index in [0.717, 1.165) is 30.0 Å². The van der Waals surface area contributed by atoms with Crippen LogP contribution in [-0.4, -0.2) is 9.55 Å². The van der Waals surface area contributed by atoms with E-state index in [-0.39, 0.29) is 0 Å². The summed E-state index contributed by atoms with van der Waals surface area (Å²) in [6, 6.07) is 20.6. The number of nitrogens with two attached hydrogens (primary N) is 1. The van der Waals surface area contributed by atoms with Gasteiger partial charge in [-0.3, -0.25) is 0 Å². The van der Waals surface area contributed by atoms with E-state index in [4.69, 9.17) is 10.7 Å². The van der Waals surface area contributed by atoms with E-state index in [9.17, 15) is 0 Å². The van der Waals surface area contributed by atoms with Gasteiger partial charge in [0.05, 0.1) is 11.0 Å². The van der Waals surface area contributed by atoms with Crippen LogP contribution in [0, 0.1) is 0 Å². The van der Waals surface area contributed by atoms with Gasteiger partial charge in [0.2, 0.25) is 0 Å². The van der Waals surface area contributed by atoms with Crippen LogP contribution in [0.3, 0.4) is 0 Å². The third kappa shape index (κ3) is 2.85. The second-order valence-electron chi connectivity index (χ2n) is 5.60. The summed E-state index contributed by atoms with van der Waals surface area (Å²) in [5.41, 5.74) is 10.0. The Bertz CT molecular complexity index is 921. The van der Waals surface area contributed by atoms with E-state index in [1.165, 1.54) is 16.0 Å². The largest absolute Gasteiger partial charge is 0.399 e. The van der Waals surface area contributed by atoms with Crippen LogP contribution in [0.5, 0.6) is 0 Å². The third-order valence-corrected chi connectivity index (χ3v) is 4.84. The van der Waals surface area contributed by atoms with Gasteiger partial charge >= 0.3 is 0 Å². The lowest BCUT2D eigenvalue weighted by Gasteiger charge is -2.09. The Labute approximate surface area is 139 Å². The highest BCUT2D eigenvalue weighted by atomic mass is 32.1. The number of nitrogen functional groups attached to an aromatic ring is 1. The van der Waals surface area contributed by atoms with E-state index in [1.807, 2.05) is 18.2 Å². The molecule has 0 unspecified atom stereocenters. The number of benzene rings is 2. The molecule has 4 heteroatoms. The molecule has 23 heavy (non-hydrogen) atoms. The summed E-state index contributed by atoms with van der Waals surface area (Å²) in [5, 5.41) is 2.11. The van der Waals surface area contributed by atoms with Crippen molar-refractivity contribution in [3.05, 3.63) is 82.3 Å². The van der Waals surface area contributed by atoms with Gasteiger partial charge in [0.1, 0.15) is 5.82 Å². The highest BCUT2D eigenvalue weighted by Gasteiger charge is 2.12. The number of para-hydroxylation sites is 2. The summed E-state index contributed by atoms with van der Waals surface area (Å²) < 4.78 is 2.31. The lowest BCUT2D eigenvalue weighted by molar-refractivity contribution is 0.765. The molecule has 0 radical (unpaired) electrons. The van der Waals surface area contributed by atoms with Crippen LogP contribution in [0.15, 0.2) is 66.0 Å². The Hall–Kier alpha value is -2.59. The summed E-state index contributed by atoms with van der Waals surface area (Å²) in [6.45, 7) is 0.807. The van der Waals surface area contributed by atoms with Gasteiger partial charge in [-0.05, 0) is 41.3 Å². The molecule has 114 valence electrons. The fraction of sp³-hybridized carbons (Fsp3) is 0.105. The van der Waals surface area contributed by atoms with Gasteiger partial charge in [-0.25, -0.2) is 4.98 Å². The van der Waals surface area contributed by atoms with Crippen LogP contribution in [-0.2, 0) is 13.0 Å². The Morgan fingerprint density at radius 1 is 0.957 bits per heavy atom. The molecule has 2 heterocycles. The molecule has 2 aromatic carbocycles. The molecule has 0 bridgehead atoms. The molecule has 0 saturated heterocycles. The number of hydrogen-bond donors (Lipinski definition) is 1. The van der Waals surface area contributed by atoms with Gasteiger partial charge in [-0.2, -0.15) is 0 Å². The van der Waals surface area contributed by atoms with Crippen LogP contribution in [0.1, 0.15) is 16.3 Å². The average Bonchev–Trinajstić information content (AvgIpc) is 3.19. The SMILES string of the molecule is Nc1ccc(Cn2c(Cc3cccs3)nc3ccccc32)cc1. The molecule has 0 aliphatic rings. The lowest BCUT2D eigenvalue weighted by Crippen LogP contribution is -2.05. The zero-order valence-corrected chi connectivity index (χ0v) is 13.5. The monoisotopic (exact) mass is 319 g/mol. The van der Waals surface area contributed by atoms with Crippen molar-refractivity contribution in [2.24, 2.45) is 0 Å². The van der Waals surface area contributed by atoms with Crippen LogP contribution in [0.25, 0.3) is 11.0 Å². The zero-order chi connectivity index (χ0) is 15.6. The first kappa shape index (κ1) is 14.0. The summed E-state index contributed by atoms with van der Waals surface area (Å²) in [7, 11) is 0. The summed E-state index contributed by atoms with van der Waals surface area (Å²) >= 11 is 1.77. The zero-order valence-electron chi connectivity index (χ0n) is 12.6. The van der Waals surface area contributed by atoms with E-state index in [0.29, 0.717) is 0 Å². The van der Waals surface area contributed by atoms with Crippen LogP contribution in [0.2, 0.25) is 0 Å². The van der Waals surface area contributed by atoms with E-state index in [2.05, 4.69) is 52.4 Å². The van der Waals surface area contributed by atoms with Gasteiger partial charge < -0.3 is 10.3 Å². The van der Waals surface area contributed by atoms with Crippen molar-refractivity contribution in [1.29, 1.82) is 0 Å². The maximum absolute atomic E-state index is 5.79. The number of rotatable bonds is 4. The molecular formula is C19H17N3S. The molecule has 3 nitrogen and oxygen atoms in total. The summed E-state index contributed by atoms with van der Waals surface area (Å²) in [6.07, 6.45) is 0.862. The average molecular weight is 319 g/mol. The van der Waals surface area contributed by atoms with Crippen molar-refractivity contribution in [3.8, 4) is 0 Å². The van der Waals surface area contributed by atoms with Crippen LogP contribution < -0.4 is 5.73 Å². The Morgan fingerprint density at radius 2 is 1.78 bits per heavy atom. The van der Waals surface area contributed by atoms with Crippen LogP contribution >= 0.6 is 11.3 Å². The highest BCUT2D eigenvalue weighted by Crippen LogP contribution is 2.22. The van der Waals surface area contributed by atoms with Gasteiger partial charge in [0, 0.05) is 23.5 Å². The number of aromatic nitrogens is 2. The molecule has 0 saturated carbocycles. The highest BCUT2D eigenvalue weighted by molar-refractivity contribution is 7.09. The van der Waals surface area contributed by atoms with E-state index >= 15 is 0 Å². The Kier molecular flexibility index (Phi) is 3.60. The molecule has 2 aromatic heterocycles. The third-order valence-electron chi connectivity index (χ3n) is 3.97. The van der Waals surface area contributed by atoms with E-state index < -0.39 is 0 Å². The first-order chi connectivity index (χ1) is 11.3. The number of imidazole rings is 1. The molecule has 0 fully saturated rings. The van der Waals surface area contributed by atoms with Crippen molar-refractivity contribution in [2.75, 3.05) is 5.73 Å². The van der Waals surface area contributed by atoms with Crippen molar-refractivity contribution >= 4 is 28.1 Å². The van der Waals surface area contributed by atoms with Crippen molar-refractivity contribution < 1.29 is 0 Å². The quantitative estimate of drug-likeness (QED) is 0.569. The summed E-state index contributed by atoms with van der Waals surface area (Å²) in [5.74, 6) is 1.10. The minimum Gasteiger partial charge on any atom is -0.399 e. The maximum Gasteiger partial charge on any atom is 0.115 e. The molecule has 0 aliphatic heterocycles. The standard InChI is InChI=1S/C19H17N3S/c20-15-9-7-14(8-10-15)13-22-18-6-2-1-5-17(18)21-19(22)12-16-4-3-11-23-16/h1-11H,12-13,20H2. The number of anilines is 1.